The van der Waals surface area contributed by atoms with Gasteiger partial charge in [-0.25, -0.2) is 0 Å². The van der Waals surface area contributed by atoms with Crippen LogP contribution in [-0.4, -0.2) is 31.0 Å². The van der Waals surface area contributed by atoms with E-state index in [1.807, 2.05) is 24.3 Å². The number of methoxy groups -OCH3 is 1. The molecule has 2 rings (SSSR count). The molecule has 1 heterocycles. The van der Waals surface area contributed by atoms with Crippen molar-refractivity contribution >= 4 is 28.5 Å². The Hall–Kier alpha value is -1.26. The largest absolute Gasteiger partial charge is 0.453 e. The maximum absolute atomic E-state index is 11.8. The van der Waals surface area contributed by atoms with Crippen LogP contribution in [0.1, 0.15) is 10.6 Å². The van der Waals surface area contributed by atoms with Gasteiger partial charge in [0.05, 0.1) is 12.4 Å². The summed E-state index contributed by atoms with van der Waals surface area (Å²) in [5.41, 5.74) is 0.762. The van der Waals surface area contributed by atoms with Gasteiger partial charge in [0.15, 0.2) is 5.76 Å². The van der Waals surface area contributed by atoms with E-state index in [1.165, 1.54) is 0 Å². The van der Waals surface area contributed by atoms with Gasteiger partial charge in [0.2, 0.25) is 5.78 Å². The van der Waals surface area contributed by atoms with E-state index < -0.39 is 0 Å². The van der Waals surface area contributed by atoms with Crippen molar-refractivity contribution in [2.45, 2.75) is 0 Å². The highest BCUT2D eigenvalue weighted by Crippen LogP contribution is 2.20. The van der Waals surface area contributed by atoms with Gasteiger partial charge in [0, 0.05) is 18.2 Å². The van der Waals surface area contributed by atoms with E-state index in [4.69, 9.17) is 9.15 Å². The summed E-state index contributed by atoms with van der Waals surface area (Å²) in [5.74, 6) is 1.73. The van der Waals surface area contributed by atoms with Crippen LogP contribution in [0.25, 0.3) is 11.0 Å². The first kappa shape index (κ1) is 12.2. The molecule has 0 aliphatic rings. The van der Waals surface area contributed by atoms with Gasteiger partial charge in [0.1, 0.15) is 5.58 Å². The number of fused-ring (bicyclic) bond motifs is 1. The Balaban J connectivity index is 1.99. The summed E-state index contributed by atoms with van der Waals surface area (Å²) >= 11 is 1.56. The third-order valence-corrected chi connectivity index (χ3v) is 3.29. The standard InChI is InChI=1S/C13H14O3S/c1-15-6-7-17-9-11(14)13-8-10-4-2-3-5-12(10)16-13/h2-5,8H,6-7,9H2,1H3. The average Bonchev–Trinajstić information content (AvgIpc) is 2.78. The van der Waals surface area contributed by atoms with E-state index in [-0.39, 0.29) is 5.78 Å². The molecule has 0 aliphatic heterocycles. The van der Waals surface area contributed by atoms with Crippen molar-refractivity contribution in [3.05, 3.63) is 36.1 Å². The number of thioether (sulfide) groups is 1. The van der Waals surface area contributed by atoms with Gasteiger partial charge in [-0.1, -0.05) is 18.2 Å². The number of carbonyl (C=O) groups is 1. The number of para-hydroxylation sites is 1. The lowest BCUT2D eigenvalue weighted by Crippen LogP contribution is -2.03. The number of carbonyl (C=O) groups excluding carboxylic acids is 1. The van der Waals surface area contributed by atoms with E-state index in [0.717, 1.165) is 16.7 Å². The lowest BCUT2D eigenvalue weighted by Gasteiger charge is -1.97. The van der Waals surface area contributed by atoms with E-state index in [1.54, 1.807) is 24.9 Å². The second-order valence-electron chi connectivity index (χ2n) is 3.62. The monoisotopic (exact) mass is 250 g/mol. The first-order valence-corrected chi connectivity index (χ1v) is 6.55. The Bertz CT molecular complexity index is 471. The minimum absolute atomic E-state index is 0.0299. The summed E-state index contributed by atoms with van der Waals surface area (Å²) in [6.07, 6.45) is 0. The van der Waals surface area contributed by atoms with E-state index in [9.17, 15) is 4.79 Å². The predicted octanol–water partition coefficient (Wildman–Crippen LogP) is 3.00. The quantitative estimate of drug-likeness (QED) is 0.583. The maximum atomic E-state index is 11.8. The highest BCUT2D eigenvalue weighted by atomic mass is 32.2. The zero-order valence-electron chi connectivity index (χ0n) is 9.64. The van der Waals surface area contributed by atoms with Gasteiger partial charge in [-0.15, -0.1) is 0 Å². The van der Waals surface area contributed by atoms with Crippen LogP contribution in [0.15, 0.2) is 34.7 Å². The molecule has 0 atom stereocenters. The van der Waals surface area contributed by atoms with Crippen LogP contribution in [0.4, 0.5) is 0 Å². The second-order valence-corrected chi connectivity index (χ2v) is 4.72. The van der Waals surface area contributed by atoms with Crippen LogP contribution in [0.2, 0.25) is 0 Å². The molecular formula is C13H14O3S. The molecule has 17 heavy (non-hydrogen) atoms. The van der Waals surface area contributed by atoms with E-state index >= 15 is 0 Å². The maximum Gasteiger partial charge on any atom is 0.207 e. The van der Waals surface area contributed by atoms with Gasteiger partial charge in [-0.05, 0) is 12.1 Å². The number of ketones is 1. The van der Waals surface area contributed by atoms with Crippen LogP contribution in [-0.2, 0) is 4.74 Å². The Morgan fingerprint density at radius 1 is 1.41 bits per heavy atom. The van der Waals surface area contributed by atoms with Crippen LogP contribution >= 0.6 is 11.8 Å². The number of hydrogen-bond acceptors (Lipinski definition) is 4. The second kappa shape index (κ2) is 5.89. The fourth-order valence-corrected chi connectivity index (χ4v) is 2.25. The molecule has 0 saturated heterocycles. The molecule has 0 aliphatic carbocycles. The van der Waals surface area contributed by atoms with Crippen LogP contribution in [0.5, 0.6) is 0 Å². The molecule has 0 bridgehead atoms. The van der Waals surface area contributed by atoms with Gasteiger partial charge in [0.25, 0.3) is 0 Å². The van der Waals surface area contributed by atoms with Crippen molar-refractivity contribution in [3.8, 4) is 0 Å². The zero-order valence-corrected chi connectivity index (χ0v) is 10.5. The van der Waals surface area contributed by atoms with Gasteiger partial charge >= 0.3 is 0 Å². The molecule has 2 aromatic rings. The minimum atomic E-state index is 0.0299. The minimum Gasteiger partial charge on any atom is -0.453 e. The van der Waals surface area contributed by atoms with Crippen LogP contribution in [0, 0.1) is 0 Å². The number of Topliss-reactive ketones (excluding diaryl/α,β-unsaturated/α-hetero) is 1. The topological polar surface area (TPSA) is 39.4 Å². The Kier molecular flexibility index (Phi) is 4.23. The number of ether oxygens (including phenoxy) is 1. The Morgan fingerprint density at radius 3 is 3.00 bits per heavy atom. The number of hydrogen-bond donors (Lipinski definition) is 0. The molecule has 1 aromatic heterocycles. The summed E-state index contributed by atoms with van der Waals surface area (Å²) in [6.45, 7) is 0.665. The van der Waals surface area contributed by atoms with Crippen molar-refractivity contribution in [1.82, 2.24) is 0 Å². The molecule has 0 radical (unpaired) electrons. The number of rotatable bonds is 6. The van der Waals surface area contributed by atoms with E-state index in [0.29, 0.717) is 18.1 Å². The molecule has 4 heteroatoms. The molecular weight excluding hydrogens is 236 g/mol. The SMILES string of the molecule is COCCSCC(=O)c1cc2ccccc2o1. The summed E-state index contributed by atoms with van der Waals surface area (Å²) in [6, 6.07) is 9.43. The molecule has 0 fully saturated rings. The third kappa shape index (κ3) is 3.11. The summed E-state index contributed by atoms with van der Waals surface area (Å²) in [4.78, 5) is 11.8. The molecule has 90 valence electrons. The third-order valence-electron chi connectivity index (χ3n) is 2.37. The smallest absolute Gasteiger partial charge is 0.207 e. The summed E-state index contributed by atoms with van der Waals surface area (Å²) in [5, 5.41) is 0.970. The van der Waals surface area contributed by atoms with Crippen LogP contribution < -0.4 is 0 Å². The van der Waals surface area contributed by atoms with Crippen molar-refractivity contribution < 1.29 is 13.9 Å². The summed E-state index contributed by atoms with van der Waals surface area (Å²) < 4.78 is 10.4. The molecule has 0 unspecified atom stereocenters. The first-order chi connectivity index (χ1) is 8.31. The Morgan fingerprint density at radius 2 is 2.24 bits per heavy atom. The molecule has 1 aromatic carbocycles. The molecule has 0 saturated carbocycles. The van der Waals surface area contributed by atoms with Crippen molar-refractivity contribution in [2.75, 3.05) is 25.2 Å². The van der Waals surface area contributed by atoms with Gasteiger partial charge < -0.3 is 9.15 Å². The fraction of sp³-hybridized carbons (Fsp3) is 0.308. The molecule has 0 spiro atoms. The van der Waals surface area contributed by atoms with Gasteiger partial charge in [-0.3, -0.25) is 4.79 Å². The van der Waals surface area contributed by atoms with Gasteiger partial charge in [-0.2, -0.15) is 11.8 Å². The normalized spacial score (nSPS) is 10.9. The van der Waals surface area contributed by atoms with Crippen molar-refractivity contribution in [2.24, 2.45) is 0 Å². The van der Waals surface area contributed by atoms with Crippen molar-refractivity contribution in [1.29, 1.82) is 0 Å². The number of benzene rings is 1. The first-order valence-electron chi connectivity index (χ1n) is 5.39. The lowest BCUT2D eigenvalue weighted by molar-refractivity contribution is 0.0994. The van der Waals surface area contributed by atoms with E-state index in [2.05, 4.69) is 0 Å². The molecule has 0 N–H and O–H groups in total. The van der Waals surface area contributed by atoms with Crippen LogP contribution in [0.3, 0.4) is 0 Å². The highest BCUT2D eigenvalue weighted by molar-refractivity contribution is 8.00. The average molecular weight is 250 g/mol. The number of furan rings is 1. The van der Waals surface area contributed by atoms with Crippen molar-refractivity contribution in [3.63, 3.8) is 0 Å². The molecule has 3 nitrogen and oxygen atoms in total. The fourth-order valence-electron chi connectivity index (χ4n) is 1.50. The lowest BCUT2D eigenvalue weighted by atomic mass is 10.2. The highest BCUT2D eigenvalue weighted by Gasteiger charge is 2.11. The Labute approximate surface area is 104 Å². The predicted molar refractivity (Wildman–Crippen MR) is 69.7 cm³/mol. The summed E-state index contributed by atoms with van der Waals surface area (Å²) in [7, 11) is 1.65. The molecule has 0 amide bonds. The zero-order chi connectivity index (χ0) is 12.1.